The number of benzene rings is 2. The molecule has 0 aliphatic carbocycles. The fourth-order valence-electron chi connectivity index (χ4n) is 3.18. The van der Waals surface area contributed by atoms with Crippen LogP contribution in [0.2, 0.25) is 5.02 Å². The Balaban J connectivity index is 2.21. The van der Waals surface area contributed by atoms with E-state index in [0.717, 1.165) is 11.1 Å². The van der Waals surface area contributed by atoms with Gasteiger partial charge in [0.2, 0.25) is 5.91 Å². The average Bonchev–Trinajstić information content (AvgIpc) is 2.73. The zero-order valence-electron chi connectivity index (χ0n) is 17.4. The van der Waals surface area contributed by atoms with Crippen molar-refractivity contribution < 1.29 is 14.3 Å². The highest BCUT2D eigenvalue weighted by Gasteiger charge is 2.28. The van der Waals surface area contributed by atoms with E-state index in [2.05, 4.69) is 19.2 Å². The quantitative estimate of drug-likeness (QED) is 0.659. The molecule has 0 aliphatic rings. The van der Waals surface area contributed by atoms with E-state index in [-0.39, 0.29) is 24.3 Å². The number of amides is 2. The number of carbonyl (C=O) groups excluding carboxylic acids is 2. The normalized spacial score (nSPS) is 11.8. The van der Waals surface area contributed by atoms with Gasteiger partial charge in [-0.3, -0.25) is 9.59 Å². The Morgan fingerprint density at radius 3 is 2.34 bits per heavy atom. The Kier molecular flexibility index (Phi) is 8.52. The van der Waals surface area contributed by atoms with Crippen molar-refractivity contribution in [3.05, 3.63) is 64.7 Å². The molecule has 1 atom stereocenters. The summed E-state index contributed by atoms with van der Waals surface area (Å²) in [6.07, 6.45) is 0.502. The standard InChI is InChI=1S/C23H29ClN2O3/c1-5-20(23(28)25-4)26(14-17-10-12-18(24)13-11-17)22(27)15-29-21-9-7-6-8-19(21)16(2)3/h6-13,16,20H,5,14-15H2,1-4H3,(H,25,28)/t20-/m1/s1. The molecule has 6 heteroatoms. The number of rotatable bonds is 9. The van der Waals surface area contributed by atoms with E-state index >= 15 is 0 Å². The van der Waals surface area contributed by atoms with Gasteiger partial charge in [0.05, 0.1) is 0 Å². The number of likely N-dealkylation sites (N-methyl/N-ethyl adjacent to an activating group) is 1. The van der Waals surface area contributed by atoms with Crippen molar-refractivity contribution >= 4 is 23.4 Å². The van der Waals surface area contributed by atoms with Crippen molar-refractivity contribution in [1.82, 2.24) is 10.2 Å². The number of para-hydroxylation sites is 1. The molecule has 2 rings (SSSR count). The van der Waals surface area contributed by atoms with Gasteiger partial charge in [-0.25, -0.2) is 0 Å². The monoisotopic (exact) mass is 416 g/mol. The van der Waals surface area contributed by atoms with Crippen LogP contribution >= 0.6 is 11.6 Å². The summed E-state index contributed by atoms with van der Waals surface area (Å²) >= 11 is 5.97. The summed E-state index contributed by atoms with van der Waals surface area (Å²) in [5, 5.41) is 3.27. The summed E-state index contributed by atoms with van der Waals surface area (Å²) in [6, 6.07) is 14.4. The highest BCUT2D eigenvalue weighted by molar-refractivity contribution is 6.30. The van der Waals surface area contributed by atoms with Crippen LogP contribution in [0.15, 0.2) is 48.5 Å². The molecule has 0 fully saturated rings. The lowest BCUT2D eigenvalue weighted by atomic mass is 10.0. The maximum atomic E-state index is 13.1. The molecule has 2 amide bonds. The smallest absolute Gasteiger partial charge is 0.261 e. The van der Waals surface area contributed by atoms with E-state index in [4.69, 9.17) is 16.3 Å². The molecule has 2 aromatic carbocycles. The zero-order valence-corrected chi connectivity index (χ0v) is 18.2. The molecule has 29 heavy (non-hydrogen) atoms. The topological polar surface area (TPSA) is 58.6 Å². The van der Waals surface area contributed by atoms with Gasteiger partial charge in [0.1, 0.15) is 11.8 Å². The number of nitrogens with zero attached hydrogens (tertiary/aromatic N) is 1. The molecule has 0 heterocycles. The number of hydrogen-bond acceptors (Lipinski definition) is 3. The van der Waals surface area contributed by atoms with E-state index in [0.29, 0.717) is 23.7 Å². The molecule has 0 saturated heterocycles. The van der Waals surface area contributed by atoms with Crippen LogP contribution in [0.1, 0.15) is 44.2 Å². The number of carbonyl (C=O) groups is 2. The predicted molar refractivity (Wildman–Crippen MR) is 116 cm³/mol. The van der Waals surface area contributed by atoms with Crippen molar-refractivity contribution in [3.63, 3.8) is 0 Å². The van der Waals surface area contributed by atoms with Crippen LogP contribution in [0.5, 0.6) is 5.75 Å². The van der Waals surface area contributed by atoms with Crippen molar-refractivity contribution in [2.75, 3.05) is 13.7 Å². The van der Waals surface area contributed by atoms with Crippen LogP contribution in [-0.4, -0.2) is 36.4 Å². The van der Waals surface area contributed by atoms with Crippen LogP contribution in [0.4, 0.5) is 0 Å². The van der Waals surface area contributed by atoms with Crippen molar-refractivity contribution in [2.45, 2.75) is 45.7 Å². The summed E-state index contributed by atoms with van der Waals surface area (Å²) in [5.74, 6) is 0.530. The Bertz CT molecular complexity index is 821. The van der Waals surface area contributed by atoms with Gasteiger partial charge in [0.25, 0.3) is 5.91 Å². The molecule has 0 unspecified atom stereocenters. The summed E-state index contributed by atoms with van der Waals surface area (Å²) in [4.78, 5) is 27.0. The lowest BCUT2D eigenvalue weighted by molar-refractivity contribution is -0.142. The molecule has 1 N–H and O–H groups in total. The third-order valence-electron chi connectivity index (χ3n) is 4.79. The summed E-state index contributed by atoms with van der Waals surface area (Å²) in [5.41, 5.74) is 1.94. The molecular formula is C23H29ClN2O3. The highest BCUT2D eigenvalue weighted by Crippen LogP contribution is 2.26. The first-order valence-electron chi connectivity index (χ1n) is 9.84. The molecule has 0 radical (unpaired) electrons. The zero-order chi connectivity index (χ0) is 21.4. The first-order chi connectivity index (χ1) is 13.9. The number of halogens is 1. The second-order valence-electron chi connectivity index (χ2n) is 7.17. The fraction of sp³-hybridized carbons (Fsp3) is 0.391. The molecule has 0 spiro atoms. The van der Waals surface area contributed by atoms with E-state index in [1.54, 1.807) is 24.1 Å². The van der Waals surface area contributed by atoms with Gasteiger partial charge in [0.15, 0.2) is 6.61 Å². The predicted octanol–water partition coefficient (Wildman–Crippen LogP) is 4.40. The van der Waals surface area contributed by atoms with Gasteiger partial charge in [-0.1, -0.05) is 62.7 Å². The van der Waals surface area contributed by atoms with Gasteiger partial charge in [-0.15, -0.1) is 0 Å². The van der Waals surface area contributed by atoms with Gasteiger partial charge in [-0.05, 0) is 41.7 Å². The van der Waals surface area contributed by atoms with Gasteiger partial charge >= 0.3 is 0 Å². The Labute approximate surface area is 178 Å². The van der Waals surface area contributed by atoms with Crippen LogP contribution in [-0.2, 0) is 16.1 Å². The molecule has 2 aromatic rings. The minimum absolute atomic E-state index is 0.134. The van der Waals surface area contributed by atoms with Gasteiger partial charge in [0, 0.05) is 18.6 Å². The largest absolute Gasteiger partial charge is 0.483 e. The lowest BCUT2D eigenvalue weighted by Gasteiger charge is -2.30. The number of ether oxygens (including phenoxy) is 1. The molecular weight excluding hydrogens is 388 g/mol. The van der Waals surface area contributed by atoms with Crippen LogP contribution in [0.3, 0.4) is 0 Å². The molecule has 0 aromatic heterocycles. The van der Waals surface area contributed by atoms with E-state index in [9.17, 15) is 9.59 Å². The summed E-state index contributed by atoms with van der Waals surface area (Å²) in [6.45, 7) is 6.21. The second kappa shape index (κ2) is 10.9. The van der Waals surface area contributed by atoms with Gasteiger partial charge in [-0.2, -0.15) is 0 Å². The summed E-state index contributed by atoms with van der Waals surface area (Å²) < 4.78 is 5.86. The first-order valence-corrected chi connectivity index (χ1v) is 10.2. The third kappa shape index (κ3) is 6.23. The minimum Gasteiger partial charge on any atom is -0.483 e. The van der Waals surface area contributed by atoms with Crippen LogP contribution in [0, 0.1) is 0 Å². The van der Waals surface area contributed by atoms with Crippen LogP contribution in [0.25, 0.3) is 0 Å². The fourth-order valence-corrected chi connectivity index (χ4v) is 3.31. The van der Waals surface area contributed by atoms with E-state index in [1.165, 1.54) is 0 Å². The number of hydrogen-bond donors (Lipinski definition) is 1. The first kappa shape index (κ1) is 22.8. The third-order valence-corrected chi connectivity index (χ3v) is 5.04. The highest BCUT2D eigenvalue weighted by atomic mass is 35.5. The van der Waals surface area contributed by atoms with Crippen molar-refractivity contribution in [1.29, 1.82) is 0 Å². The Hall–Kier alpha value is -2.53. The minimum atomic E-state index is -0.577. The lowest BCUT2D eigenvalue weighted by Crippen LogP contribution is -2.49. The molecule has 5 nitrogen and oxygen atoms in total. The Morgan fingerprint density at radius 1 is 1.10 bits per heavy atom. The Morgan fingerprint density at radius 2 is 1.76 bits per heavy atom. The molecule has 156 valence electrons. The molecule has 0 bridgehead atoms. The maximum Gasteiger partial charge on any atom is 0.261 e. The maximum absolute atomic E-state index is 13.1. The average molecular weight is 417 g/mol. The SMILES string of the molecule is CC[C@H](C(=O)NC)N(Cc1ccc(Cl)cc1)C(=O)COc1ccccc1C(C)C. The van der Waals surface area contributed by atoms with Crippen LogP contribution < -0.4 is 10.1 Å². The molecule has 0 saturated carbocycles. The second-order valence-corrected chi connectivity index (χ2v) is 7.60. The van der Waals surface area contributed by atoms with Crippen molar-refractivity contribution in [3.8, 4) is 5.75 Å². The molecule has 0 aliphatic heterocycles. The van der Waals surface area contributed by atoms with Gasteiger partial charge < -0.3 is 15.0 Å². The van der Waals surface area contributed by atoms with Crippen molar-refractivity contribution in [2.24, 2.45) is 0 Å². The number of nitrogens with one attached hydrogen (secondary N) is 1. The summed E-state index contributed by atoms with van der Waals surface area (Å²) in [7, 11) is 1.57. The van der Waals surface area contributed by atoms with E-state index in [1.807, 2.05) is 43.3 Å². The van der Waals surface area contributed by atoms with E-state index < -0.39 is 6.04 Å².